The van der Waals surface area contributed by atoms with Gasteiger partial charge in [0.2, 0.25) is 5.89 Å². The zero-order chi connectivity index (χ0) is 19.8. The van der Waals surface area contributed by atoms with Crippen LogP contribution in [0.5, 0.6) is 0 Å². The first kappa shape index (κ1) is 18.7. The van der Waals surface area contributed by atoms with Crippen molar-refractivity contribution in [2.45, 2.75) is 39.5 Å². The van der Waals surface area contributed by atoms with Gasteiger partial charge in [-0.3, -0.25) is 4.79 Å². The van der Waals surface area contributed by atoms with Gasteiger partial charge in [-0.15, -0.1) is 0 Å². The van der Waals surface area contributed by atoms with Crippen molar-refractivity contribution in [3.63, 3.8) is 0 Å². The number of hydrogen-bond acceptors (Lipinski definition) is 4. The number of piperidine rings is 1. The predicted octanol–water partition coefficient (Wildman–Crippen LogP) is 4.46. The third kappa shape index (κ3) is 3.44. The third-order valence-corrected chi connectivity index (χ3v) is 5.71. The first-order chi connectivity index (χ1) is 13.4. The maximum absolute atomic E-state index is 13.1. The molecule has 0 N–H and O–H groups in total. The van der Waals surface area contributed by atoms with Crippen LogP contribution < -0.4 is 0 Å². The summed E-state index contributed by atoms with van der Waals surface area (Å²) in [5.74, 6) is 1.49. The Labute approximate surface area is 169 Å². The molecule has 1 aliphatic rings. The molecule has 1 saturated heterocycles. The number of rotatable bonds is 3. The summed E-state index contributed by atoms with van der Waals surface area (Å²) in [6.45, 7) is 7.20. The lowest BCUT2D eigenvalue weighted by atomic mass is 9.96. The monoisotopic (exact) mass is 398 g/mol. The number of benzene rings is 1. The van der Waals surface area contributed by atoms with Gasteiger partial charge < -0.3 is 14.0 Å². The van der Waals surface area contributed by atoms with Gasteiger partial charge in [-0.2, -0.15) is 4.98 Å². The molecule has 0 bridgehead atoms. The molecule has 0 atom stereocenters. The second-order valence-electron chi connectivity index (χ2n) is 7.36. The van der Waals surface area contributed by atoms with Gasteiger partial charge in [0.15, 0.2) is 5.82 Å². The molecule has 1 aromatic carbocycles. The standard InChI is InChI=1S/C21H23ClN4O2/c1-13-4-5-14(2)26(13)17-6-7-19(22)18(12-17)21(27)25-10-8-16(9-11-25)20-23-15(3)24-28-20/h4-7,12,16H,8-11H2,1-3H3. The number of carbonyl (C=O) groups excluding carboxylic acids is 1. The molecule has 7 heteroatoms. The second kappa shape index (κ2) is 7.43. The normalized spacial score (nSPS) is 15.2. The Morgan fingerprint density at radius 3 is 2.39 bits per heavy atom. The average Bonchev–Trinajstić information content (AvgIpc) is 3.27. The largest absolute Gasteiger partial charge is 0.339 e. The van der Waals surface area contributed by atoms with Crippen LogP contribution >= 0.6 is 11.6 Å². The van der Waals surface area contributed by atoms with Gasteiger partial charge in [0, 0.05) is 36.1 Å². The Kier molecular flexibility index (Phi) is 4.98. The van der Waals surface area contributed by atoms with E-state index in [2.05, 4.69) is 26.8 Å². The lowest BCUT2D eigenvalue weighted by molar-refractivity contribution is 0.0704. The van der Waals surface area contributed by atoms with E-state index in [4.69, 9.17) is 16.1 Å². The Hall–Kier alpha value is -2.60. The van der Waals surface area contributed by atoms with Crippen molar-refractivity contribution in [2.24, 2.45) is 0 Å². The fraction of sp³-hybridized carbons (Fsp3) is 0.381. The van der Waals surface area contributed by atoms with Crippen molar-refractivity contribution in [1.82, 2.24) is 19.6 Å². The number of amides is 1. The molecule has 0 unspecified atom stereocenters. The number of hydrogen-bond donors (Lipinski definition) is 0. The van der Waals surface area contributed by atoms with Crippen molar-refractivity contribution in [3.05, 3.63) is 64.0 Å². The lowest BCUT2D eigenvalue weighted by Gasteiger charge is -2.30. The minimum atomic E-state index is -0.0329. The van der Waals surface area contributed by atoms with E-state index in [0.717, 1.165) is 29.9 Å². The summed E-state index contributed by atoms with van der Waals surface area (Å²) < 4.78 is 7.42. The van der Waals surface area contributed by atoms with Gasteiger partial charge in [-0.1, -0.05) is 16.8 Å². The smallest absolute Gasteiger partial charge is 0.255 e. The van der Waals surface area contributed by atoms with Gasteiger partial charge in [0.1, 0.15) is 0 Å². The molecule has 6 nitrogen and oxygen atoms in total. The molecule has 3 heterocycles. The molecule has 4 rings (SSSR count). The average molecular weight is 399 g/mol. The number of halogens is 1. The summed E-state index contributed by atoms with van der Waals surface area (Å²) in [4.78, 5) is 19.3. The van der Waals surface area contributed by atoms with Crippen LogP contribution in [0.15, 0.2) is 34.9 Å². The van der Waals surface area contributed by atoms with Crippen LogP contribution in [-0.4, -0.2) is 38.6 Å². The lowest BCUT2D eigenvalue weighted by Crippen LogP contribution is -2.38. The maximum atomic E-state index is 13.1. The van der Waals surface area contributed by atoms with Crippen molar-refractivity contribution >= 4 is 17.5 Å². The summed E-state index contributed by atoms with van der Waals surface area (Å²) >= 11 is 6.39. The van der Waals surface area contributed by atoms with Crippen LogP contribution in [-0.2, 0) is 0 Å². The Morgan fingerprint density at radius 1 is 1.11 bits per heavy atom. The fourth-order valence-electron chi connectivity index (χ4n) is 3.87. The van der Waals surface area contributed by atoms with Crippen molar-refractivity contribution in [1.29, 1.82) is 0 Å². The zero-order valence-corrected chi connectivity index (χ0v) is 17.0. The number of nitrogens with zero attached hydrogens (tertiary/aromatic N) is 4. The highest BCUT2D eigenvalue weighted by molar-refractivity contribution is 6.33. The van der Waals surface area contributed by atoms with Gasteiger partial charge in [0.05, 0.1) is 10.6 Å². The topological polar surface area (TPSA) is 64.2 Å². The number of likely N-dealkylation sites (tertiary alicyclic amines) is 1. The molecule has 1 fully saturated rings. The molecule has 28 heavy (non-hydrogen) atoms. The van der Waals surface area contributed by atoms with Crippen LogP contribution in [0.2, 0.25) is 5.02 Å². The molecule has 1 amide bonds. The zero-order valence-electron chi connectivity index (χ0n) is 16.3. The first-order valence-electron chi connectivity index (χ1n) is 9.48. The molecule has 1 aliphatic heterocycles. The van der Waals surface area contributed by atoms with E-state index in [9.17, 15) is 4.79 Å². The van der Waals surface area contributed by atoms with E-state index in [1.807, 2.05) is 37.8 Å². The molecule has 0 saturated carbocycles. The van der Waals surface area contributed by atoms with Crippen LogP contribution in [0, 0.1) is 20.8 Å². The maximum Gasteiger partial charge on any atom is 0.255 e. The van der Waals surface area contributed by atoms with E-state index < -0.39 is 0 Å². The minimum Gasteiger partial charge on any atom is -0.339 e. The molecule has 0 radical (unpaired) electrons. The highest BCUT2D eigenvalue weighted by Gasteiger charge is 2.28. The summed E-state index contributed by atoms with van der Waals surface area (Å²) in [6.07, 6.45) is 1.61. The summed E-state index contributed by atoms with van der Waals surface area (Å²) in [7, 11) is 0. The SMILES string of the molecule is Cc1noc(C2CCN(C(=O)c3cc(-n4c(C)ccc4C)ccc3Cl)CC2)n1. The van der Waals surface area contributed by atoms with Crippen LogP contribution in [0.25, 0.3) is 5.69 Å². The first-order valence-corrected chi connectivity index (χ1v) is 9.86. The summed E-state index contributed by atoms with van der Waals surface area (Å²) in [5.41, 5.74) is 3.73. The molecule has 0 spiro atoms. The van der Waals surface area contributed by atoms with Gasteiger partial charge in [-0.05, 0) is 63.9 Å². The fourth-order valence-corrected chi connectivity index (χ4v) is 4.07. The van der Waals surface area contributed by atoms with Crippen LogP contribution in [0.4, 0.5) is 0 Å². The Morgan fingerprint density at radius 2 is 1.79 bits per heavy atom. The Balaban J connectivity index is 1.53. The van der Waals surface area contributed by atoms with Gasteiger partial charge in [-0.25, -0.2) is 0 Å². The van der Waals surface area contributed by atoms with Crippen molar-refractivity contribution in [2.75, 3.05) is 13.1 Å². The van der Waals surface area contributed by atoms with E-state index >= 15 is 0 Å². The highest BCUT2D eigenvalue weighted by atomic mass is 35.5. The quantitative estimate of drug-likeness (QED) is 0.653. The van der Waals surface area contributed by atoms with Crippen molar-refractivity contribution < 1.29 is 9.32 Å². The highest BCUT2D eigenvalue weighted by Crippen LogP contribution is 2.29. The predicted molar refractivity (Wildman–Crippen MR) is 107 cm³/mol. The van der Waals surface area contributed by atoms with Crippen LogP contribution in [0.3, 0.4) is 0 Å². The van der Waals surface area contributed by atoms with Crippen LogP contribution in [0.1, 0.15) is 52.2 Å². The van der Waals surface area contributed by atoms with Gasteiger partial charge in [0.25, 0.3) is 5.91 Å². The van der Waals surface area contributed by atoms with Gasteiger partial charge >= 0.3 is 0 Å². The second-order valence-corrected chi connectivity index (χ2v) is 7.77. The van der Waals surface area contributed by atoms with E-state index in [-0.39, 0.29) is 11.8 Å². The number of aryl methyl sites for hydroxylation is 3. The third-order valence-electron chi connectivity index (χ3n) is 5.38. The molecule has 146 valence electrons. The molecule has 2 aromatic heterocycles. The molecule has 3 aromatic rings. The summed E-state index contributed by atoms with van der Waals surface area (Å²) in [6, 6.07) is 9.77. The summed E-state index contributed by atoms with van der Waals surface area (Å²) in [5, 5.41) is 4.34. The molecule has 0 aliphatic carbocycles. The Bertz CT molecular complexity index is 996. The number of aromatic nitrogens is 3. The van der Waals surface area contributed by atoms with E-state index in [1.54, 1.807) is 6.07 Å². The minimum absolute atomic E-state index is 0.0329. The number of carbonyl (C=O) groups is 1. The van der Waals surface area contributed by atoms with E-state index in [1.165, 1.54) is 0 Å². The van der Waals surface area contributed by atoms with Crippen molar-refractivity contribution in [3.8, 4) is 5.69 Å². The molecular formula is C21H23ClN4O2. The van der Waals surface area contributed by atoms with E-state index in [0.29, 0.717) is 35.4 Å². The molecular weight excluding hydrogens is 376 g/mol.